The Kier molecular flexibility index (Phi) is 4.08. The number of carboxylic acids is 1. The van der Waals surface area contributed by atoms with Crippen molar-refractivity contribution in [2.75, 3.05) is 7.11 Å². The molecular formula is C17H12INO4. The lowest BCUT2D eigenvalue weighted by Gasteiger charge is -2.12. The van der Waals surface area contributed by atoms with Gasteiger partial charge in [0, 0.05) is 14.5 Å². The van der Waals surface area contributed by atoms with Gasteiger partial charge in [-0.15, -0.1) is 0 Å². The molecule has 0 aliphatic carbocycles. The van der Waals surface area contributed by atoms with E-state index in [-0.39, 0.29) is 11.1 Å². The zero-order chi connectivity index (χ0) is 16.6. The smallest absolute Gasteiger partial charge is 0.337 e. The van der Waals surface area contributed by atoms with Crippen molar-refractivity contribution >= 4 is 39.5 Å². The molecule has 3 aromatic rings. The number of ether oxygens (including phenoxy) is 1. The van der Waals surface area contributed by atoms with Crippen LogP contribution < -0.4 is 10.3 Å². The molecule has 23 heavy (non-hydrogen) atoms. The molecule has 0 aliphatic heterocycles. The summed E-state index contributed by atoms with van der Waals surface area (Å²) in [7, 11) is 1.48. The number of carbonyl (C=O) groups is 1. The molecule has 0 aliphatic rings. The van der Waals surface area contributed by atoms with Crippen molar-refractivity contribution < 1.29 is 14.6 Å². The molecule has 0 amide bonds. The number of carboxylic acid groups (broad SMARTS) is 1. The number of aromatic amines is 1. The molecule has 1 aromatic heterocycles. The molecule has 0 saturated heterocycles. The van der Waals surface area contributed by atoms with Crippen molar-refractivity contribution in [1.29, 1.82) is 0 Å². The van der Waals surface area contributed by atoms with Crippen LogP contribution in [-0.2, 0) is 0 Å². The Labute approximate surface area is 145 Å². The minimum absolute atomic E-state index is 0.0235. The van der Waals surface area contributed by atoms with Gasteiger partial charge in [-0.25, -0.2) is 4.79 Å². The van der Waals surface area contributed by atoms with Gasteiger partial charge in [-0.1, -0.05) is 24.3 Å². The summed E-state index contributed by atoms with van der Waals surface area (Å²) in [4.78, 5) is 27.2. The summed E-state index contributed by atoms with van der Waals surface area (Å²) in [6, 6.07) is 12.1. The fraction of sp³-hybridized carbons (Fsp3) is 0.0588. The molecule has 1 heterocycles. The van der Waals surface area contributed by atoms with E-state index < -0.39 is 11.5 Å². The SMILES string of the molecule is COc1ccccc1-c1c(C(=O)O)c2ccc(I)cc2[nH]c1=O. The van der Waals surface area contributed by atoms with Crippen molar-refractivity contribution in [3.05, 3.63) is 62.0 Å². The van der Waals surface area contributed by atoms with Gasteiger partial charge in [0.15, 0.2) is 0 Å². The number of para-hydroxylation sites is 1. The second-order valence-corrected chi connectivity index (χ2v) is 6.15. The van der Waals surface area contributed by atoms with E-state index in [1.807, 2.05) is 0 Å². The zero-order valence-electron chi connectivity index (χ0n) is 12.1. The van der Waals surface area contributed by atoms with E-state index in [2.05, 4.69) is 27.6 Å². The Hall–Kier alpha value is -2.35. The first-order chi connectivity index (χ1) is 11.0. The first kappa shape index (κ1) is 15.5. The summed E-state index contributed by atoms with van der Waals surface area (Å²) in [5.41, 5.74) is 0.571. The molecule has 5 nitrogen and oxygen atoms in total. The Morgan fingerprint density at radius 1 is 1.22 bits per heavy atom. The summed E-state index contributed by atoms with van der Waals surface area (Å²) < 4.78 is 6.18. The third-order valence-electron chi connectivity index (χ3n) is 3.57. The zero-order valence-corrected chi connectivity index (χ0v) is 14.2. The standard InChI is InChI=1S/C17H12INO4/c1-23-13-5-3-2-4-11(13)14-15(17(21)22)10-7-6-9(18)8-12(10)19-16(14)20/h2-8H,1H3,(H,19,20)(H,21,22). The topological polar surface area (TPSA) is 79.4 Å². The summed E-state index contributed by atoms with van der Waals surface area (Å²) in [6.07, 6.45) is 0. The van der Waals surface area contributed by atoms with Crippen LogP contribution in [0, 0.1) is 3.57 Å². The van der Waals surface area contributed by atoms with Gasteiger partial charge >= 0.3 is 5.97 Å². The summed E-state index contributed by atoms with van der Waals surface area (Å²) in [6.45, 7) is 0. The Morgan fingerprint density at radius 2 is 1.96 bits per heavy atom. The maximum absolute atomic E-state index is 12.6. The van der Waals surface area contributed by atoms with Gasteiger partial charge < -0.3 is 14.8 Å². The third kappa shape index (κ3) is 2.70. The van der Waals surface area contributed by atoms with E-state index in [0.29, 0.717) is 22.2 Å². The number of H-pyrrole nitrogens is 1. The number of aromatic carboxylic acids is 1. The fourth-order valence-electron chi connectivity index (χ4n) is 2.60. The second kappa shape index (κ2) is 6.04. The third-order valence-corrected chi connectivity index (χ3v) is 4.24. The van der Waals surface area contributed by atoms with Crippen molar-refractivity contribution in [2.45, 2.75) is 0 Å². The van der Waals surface area contributed by atoms with Crippen molar-refractivity contribution in [3.63, 3.8) is 0 Å². The molecule has 0 bridgehead atoms. The average Bonchev–Trinajstić information content (AvgIpc) is 2.53. The van der Waals surface area contributed by atoms with Crippen molar-refractivity contribution in [1.82, 2.24) is 4.98 Å². The number of hydrogen-bond acceptors (Lipinski definition) is 3. The molecule has 3 rings (SSSR count). The summed E-state index contributed by atoms with van der Waals surface area (Å²) in [5, 5.41) is 10.2. The monoisotopic (exact) mass is 421 g/mol. The van der Waals surface area contributed by atoms with Crippen LogP contribution in [0.1, 0.15) is 10.4 Å². The number of halogens is 1. The number of hydrogen-bond donors (Lipinski definition) is 2. The van der Waals surface area contributed by atoms with Gasteiger partial charge in [-0.2, -0.15) is 0 Å². The highest BCUT2D eigenvalue weighted by atomic mass is 127. The molecule has 116 valence electrons. The number of methoxy groups -OCH3 is 1. The van der Waals surface area contributed by atoms with Crippen LogP contribution in [-0.4, -0.2) is 23.2 Å². The molecular weight excluding hydrogens is 409 g/mol. The predicted octanol–water partition coefficient (Wildman–Crippen LogP) is 3.51. The van der Waals surface area contributed by atoms with Crippen LogP contribution in [0.15, 0.2) is 47.3 Å². The van der Waals surface area contributed by atoms with Crippen molar-refractivity contribution in [2.24, 2.45) is 0 Å². The van der Waals surface area contributed by atoms with Crippen LogP contribution in [0.2, 0.25) is 0 Å². The highest BCUT2D eigenvalue weighted by Gasteiger charge is 2.22. The molecule has 0 atom stereocenters. The van der Waals surface area contributed by atoms with E-state index in [4.69, 9.17) is 4.74 Å². The van der Waals surface area contributed by atoms with Gasteiger partial charge in [-0.3, -0.25) is 4.79 Å². The minimum Gasteiger partial charge on any atom is -0.496 e. The van der Waals surface area contributed by atoms with Crippen LogP contribution in [0.3, 0.4) is 0 Å². The average molecular weight is 421 g/mol. The van der Waals surface area contributed by atoms with Crippen LogP contribution in [0.5, 0.6) is 5.75 Å². The molecule has 0 radical (unpaired) electrons. The maximum Gasteiger partial charge on any atom is 0.337 e. The van der Waals surface area contributed by atoms with Crippen LogP contribution >= 0.6 is 22.6 Å². The quantitative estimate of drug-likeness (QED) is 0.635. The van der Waals surface area contributed by atoms with E-state index in [9.17, 15) is 14.7 Å². The first-order valence-corrected chi connectivity index (χ1v) is 7.83. The van der Waals surface area contributed by atoms with Gasteiger partial charge in [0.1, 0.15) is 5.75 Å². The van der Waals surface area contributed by atoms with Gasteiger partial charge in [0.05, 0.1) is 23.8 Å². The number of fused-ring (bicyclic) bond motifs is 1. The van der Waals surface area contributed by atoms with E-state index in [0.717, 1.165) is 3.57 Å². The lowest BCUT2D eigenvalue weighted by atomic mass is 9.97. The minimum atomic E-state index is -1.15. The highest BCUT2D eigenvalue weighted by Crippen LogP contribution is 2.32. The number of aromatic nitrogens is 1. The number of rotatable bonds is 3. The number of benzene rings is 2. The molecule has 0 fully saturated rings. The van der Waals surface area contributed by atoms with Gasteiger partial charge in [0.2, 0.25) is 0 Å². The van der Waals surface area contributed by atoms with E-state index in [1.54, 1.807) is 42.5 Å². The lowest BCUT2D eigenvalue weighted by Crippen LogP contribution is -2.16. The molecule has 0 spiro atoms. The van der Waals surface area contributed by atoms with Crippen LogP contribution in [0.25, 0.3) is 22.0 Å². The molecule has 6 heteroatoms. The Morgan fingerprint density at radius 3 is 2.65 bits per heavy atom. The van der Waals surface area contributed by atoms with E-state index in [1.165, 1.54) is 7.11 Å². The van der Waals surface area contributed by atoms with Gasteiger partial charge in [-0.05, 0) is 40.8 Å². The largest absolute Gasteiger partial charge is 0.496 e. The maximum atomic E-state index is 12.6. The van der Waals surface area contributed by atoms with Crippen molar-refractivity contribution in [3.8, 4) is 16.9 Å². The van der Waals surface area contributed by atoms with E-state index >= 15 is 0 Å². The molecule has 0 unspecified atom stereocenters. The fourth-order valence-corrected chi connectivity index (χ4v) is 3.09. The normalized spacial score (nSPS) is 10.7. The Balaban J connectivity index is 2.48. The molecule has 0 saturated carbocycles. The Bertz CT molecular complexity index is 978. The molecule has 2 aromatic carbocycles. The molecule has 2 N–H and O–H groups in total. The predicted molar refractivity (Wildman–Crippen MR) is 96.2 cm³/mol. The lowest BCUT2D eigenvalue weighted by molar-refractivity contribution is 0.0699. The second-order valence-electron chi connectivity index (χ2n) is 4.90. The number of nitrogens with one attached hydrogen (secondary N) is 1. The van der Waals surface area contributed by atoms with Crippen LogP contribution in [0.4, 0.5) is 0 Å². The highest BCUT2D eigenvalue weighted by molar-refractivity contribution is 14.1. The number of pyridine rings is 1. The summed E-state index contributed by atoms with van der Waals surface area (Å²) >= 11 is 2.11. The first-order valence-electron chi connectivity index (χ1n) is 6.75. The summed E-state index contributed by atoms with van der Waals surface area (Å²) in [5.74, 6) is -0.700. The van der Waals surface area contributed by atoms with Gasteiger partial charge in [0.25, 0.3) is 5.56 Å².